The van der Waals surface area contributed by atoms with Crippen LogP contribution in [-0.4, -0.2) is 21.1 Å². The van der Waals surface area contributed by atoms with Crippen molar-refractivity contribution >= 4 is 23.1 Å². The van der Waals surface area contributed by atoms with Gasteiger partial charge in [-0.3, -0.25) is 0 Å². The maximum Gasteiger partial charge on any atom is 0.144 e. The van der Waals surface area contributed by atoms with E-state index in [1.54, 1.807) is 24.8 Å². The van der Waals surface area contributed by atoms with E-state index in [1.165, 1.54) is 0 Å². The number of nitrogens with two attached hydrogens (primary N) is 1. The van der Waals surface area contributed by atoms with Crippen LogP contribution in [0.1, 0.15) is 6.42 Å². The Bertz CT molecular complexity index is 469. The van der Waals surface area contributed by atoms with Gasteiger partial charge in [0.2, 0.25) is 0 Å². The third kappa shape index (κ3) is 3.35. The molecule has 0 saturated carbocycles. The number of halogens is 1. The second kappa shape index (κ2) is 5.54. The van der Waals surface area contributed by atoms with Crippen molar-refractivity contribution < 1.29 is 0 Å². The standard InChI is InChI=1S/C11H14ClN5/c12-10-6-9(13)7-16-11(10)15-2-1-4-17-5-3-14-8-17/h3,5-8H,1-2,4,13H2,(H,15,16). The first-order valence-corrected chi connectivity index (χ1v) is 5.74. The molecule has 5 nitrogen and oxygen atoms in total. The van der Waals surface area contributed by atoms with E-state index in [0.29, 0.717) is 16.5 Å². The van der Waals surface area contributed by atoms with E-state index in [-0.39, 0.29) is 0 Å². The third-order valence-corrected chi connectivity index (χ3v) is 2.60. The van der Waals surface area contributed by atoms with E-state index in [1.807, 2.05) is 10.8 Å². The van der Waals surface area contributed by atoms with Crippen LogP contribution < -0.4 is 11.1 Å². The zero-order valence-electron chi connectivity index (χ0n) is 9.31. The number of imidazole rings is 1. The highest BCUT2D eigenvalue weighted by Crippen LogP contribution is 2.20. The summed E-state index contributed by atoms with van der Waals surface area (Å²) in [5.74, 6) is 0.673. The molecule has 0 atom stereocenters. The normalized spacial score (nSPS) is 10.4. The summed E-state index contributed by atoms with van der Waals surface area (Å²) in [5.41, 5.74) is 6.13. The van der Waals surface area contributed by atoms with Crippen LogP contribution in [0.15, 0.2) is 31.0 Å². The molecule has 0 aliphatic heterocycles. The van der Waals surface area contributed by atoms with Crippen molar-refractivity contribution in [2.24, 2.45) is 0 Å². The topological polar surface area (TPSA) is 68.8 Å². The minimum atomic E-state index is 0.549. The van der Waals surface area contributed by atoms with Gasteiger partial charge in [-0.15, -0.1) is 0 Å². The predicted octanol–water partition coefficient (Wildman–Crippen LogP) is 2.02. The van der Waals surface area contributed by atoms with Crippen molar-refractivity contribution in [1.82, 2.24) is 14.5 Å². The Labute approximate surface area is 105 Å². The molecule has 0 radical (unpaired) electrons. The van der Waals surface area contributed by atoms with Crippen molar-refractivity contribution in [2.45, 2.75) is 13.0 Å². The molecular formula is C11H14ClN5. The largest absolute Gasteiger partial charge is 0.397 e. The van der Waals surface area contributed by atoms with Crippen molar-refractivity contribution in [2.75, 3.05) is 17.6 Å². The second-order valence-corrected chi connectivity index (χ2v) is 4.09. The molecule has 0 unspecified atom stereocenters. The zero-order chi connectivity index (χ0) is 12.1. The van der Waals surface area contributed by atoms with Gasteiger partial charge >= 0.3 is 0 Å². The van der Waals surface area contributed by atoms with Gasteiger partial charge in [-0.1, -0.05) is 11.6 Å². The Morgan fingerprint density at radius 1 is 1.47 bits per heavy atom. The first kappa shape index (κ1) is 11.7. The molecule has 6 heteroatoms. The maximum absolute atomic E-state index is 5.99. The highest BCUT2D eigenvalue weighted by molar-refractivity contribution is 6.33. The molecule has 3 N–H and O–H groups in total. The number of aromatic nitrogens is 3. The lowest BCUT2D eigenvalue weighted by Gasteiger charge is -2.07. The molecule has 0 aliphatic carbocycles. The Kier molecular flexibility index (Phi) is 3.82. The lowest BCUT2D eigenvalue weighted by molar-refractivity contribution is 0.660. The average molecular weight is 252 g/mol. The third-order valence-electron chi connectivity index (χ3n) is 2.31. The van der Waals surface area contributed by atoms with Crippen molar-refractivity contribution in [1.29, 1.82) is 0 Å². The monoisotopic (exact) mass is 251 g/mol. The quantitative estimate of drug-likeness (QED) is 0.798. The van der Waals surface area contributed by atoms with Crippen LogP contribution in [0.5, 0.6) is 0 Å². The fourth-order valence-corrected chi connectivity index (χ4v) is 1.71. The Morgan fingerprint density at radius 2 is 2.35 bits per heavy atom. The van der Waals surface area contributed by atoms with Crippen LogP contribution in [0.25, 0.3) is 0 Å². The van der Waals surface area contributed by atoms with Gasteiger partial charge in [-0.25, -0.2) is 9.97 Å². The number of nitrogens with zero attached hydrogens (tertiary/aromatic N) is 3. The average Bonchev–Trinajstić information content (AvgIpc) is 2.79. The van der Waals surface area contributed by atoms with Crippen LogP contribution in [0, 0.1) is 0 Å². The minimum Gasteiger partial charge on any atom is -0.397 e. The van der Waals surface area contributed by atoms with Gasteiger partial charge in [-0.05, 0) is 12.5 Å². The van der Waals surface area contributed by atoms with E-state index >= 15 is 0 Å². The van der Waals surface area contributed by atoms with Crippen molar-refractivity contribution in [3.63, 3.8) is 0 Å². The fraction of sp³-hybridized carbons (Fsp3) is 0.273. The summed E-state index contributed by atoms with van der Waals surface area (Å²) in [6.45, 7) is 1.72. The van der Waals surface area contributed by atoms with Crippen LogP contribution in [0.2, 0.25) is 5.02 Å². The molecule has 2 heterocycles. The molecular weight excluding hydrogens is 238 g/mol. The van der Waals surface area contributed by atoms with E-state index < -0.39 is 0 Å². The Morgan fingerprint density at radius 3 is 3.06 bits per heavy atom. The van der Waals surface area contributed by atoms with E-state index in [2.05, 4.69) is 15.3 Å². The summed E-state index contributed by atoms with van der Waals surface area (Å²) in [6.07, 6.45) is 8.07. The molecule has 2 aromatic rings. The van der Waals surface area contributed by atoms with Crippen LogP contribution in [0.4, 0.5) is 11.5 Å². The van der Waals surface area contributed by atoms with E-state index in [9.17, 15) is 0 Å². The van der Waals surface area contributed by atoms with E-state index in [4.69, 9.17) is 17.3 Å². The molecule has 0 aliphatic rings. The summed E-state index contributed by atoms with van der Waals surface area (Å²) in [5, 5.41) is 3.72. The molecule has 2 rings (SSSR count). The number of hydrogen-bond acceptors (Lipinski definition) is 4. The number of anilines is 2. The summed E-state index contributed by atoms with van der Waals surface area (Å²) in [6, 6.07) is 1.69. The van der Waals surface area contributed by atoms with Gasteiger partial charge in [0.25, 0.3) is 0 Å². The van der Waals surface area contributed by atoms with Gasteiger partial charge in [-0.2, -0.15) is 0 Å². The summed E-state index contributed by atoms with van der Waals surface area (Å²) in [4.78, 5) is 8.10. The number of pyridine rings is 1. The second-order valence-electron chi connectivity index (χ2n) is 3.68. The summed E-state index contributed by atoms with van der Waals surface area (Å²) in [7, 11) is 0. The zero-order valence-corrected chi connectivity index (χ0v) is 10.1. The molecule has 0 saturated heterocycles. The lowest BCUT2D eigenvalue weighted by atomic mass is 10.4. The van der Waals surface area contributed by atoms with Crippen LogP contribution in [0.3, 0.4) is 0 Å². The molecule has 17 heavy (non-hydrogen) atoms. The molecule has 90 valence electrons. The van der Waals surface area contributed by atoms with Gasteiger partial charge in [0.15, 0.2) is 0 Å². The number of rotatable bonds is 5. The highest BCUT2D eigenvalue weighted by Gasteiger charge is 2.01. The molecule has 2 aromatic heterocycles. The number of nitrogens with one attached hydrogen (secondary N) is 1. The highest BCUT2D eigenvalue weighted by atomic mass is 35.5. The predicted molar refractivity (Wildman–Crippen MR) is 69.0 cm³/mol. The number of nitrogen functional groups attached to an aromatic ring is 1. The van der Waals surface area contributed by atoms with Crippen molar-refractivity contribution in [3.8, 4) is 0 Å². The van der Waals surface area contributed by atoms with Gasteiger partial charge in [0, 0.05) is 25.5 Å². The van der Waals surface area contributed by atoms with Gasteiger partial charge in [0.05, 0.1) is 23.2 Å². The summed E-state index contributed by atoms with van der Waals surface area (Å²) < 4.78 is 2.03. The van der Waals surface area contributed by atoms with Crippen LogP contribution >= 0.6 is 11.6 Å². The first-order valence-electron chi connectivity index (χ1n) is 5.36. The molecule has 0 fully saturated rings. The lowest BCUT2D eigenvalue weighted by Crippen LogP contribution is -2.07. The van der Waals surface area contributed by atoms with E-state index in [0.717, 1.165) is 19.5 Å². The molecule has 0 bridgehead atoms. The van der Waals surface area contributed by atoms with Crippen molar-refractivity contribution in [3.05, 3.63) is 36.0 Å². The number of hydrogen-bond donors (Lipinski definition) is 2. The SMILES string of the molecule is Nc1cnc(NCCCn2ccnc2)c(Cl)c1. The van der Waals surface area contributed by atoms with Crippen LogP contribution in [-0.2, 0) is 6.54 Å². The molecule has 0 aromatic carbocycles. The Hall–Kier alpha value is -1.75. The van der Waals surface area contributed by atoms with Gasteiger partial charge < -0.3 is 15.6 Å². The Balaban J connectivity index is 1.78. The number of aryl methyl sites for hydroxylation is 1. The fourth-order valence-electron chi connectivity index (χ4n) is 1.47. The minimum absolute atomic E-state index is 0.549. The summed E-state index contributed by atoms with van der Waals surface area (Å²) >= 11 is 5.99. The molecule has 0 spiro atoms. The van der Waals surface area contributed by atoms with Gasteiger partial charge in [0.1, 0.15) is 5.82 Å². The maximum atomic E-state index is 5.99. The smallest absolute Gasteiger partial charge is 0.144 e. The molecule has 0 amide bonds. The first-order chi connectivity index (χ1) is 8.25.